The molecular weight excluding hydrogens is 285 g/mol. The van der Waals surface area contributed by atoms with Crippen LogP contribution in [-0.2, 0) is 17.8 Å². The molecule has 0 spiro atoms. The Morgan fingerprint density at radius 3 is 2.91 bits per heavy atom. The van der Waals surface area contributed by atoms with Crippen molar-refractivity contribution in [1.82, 2.24) is 4.90 Å². The van der Waals surface area contributed by atoms with Crippen molar-refractivity contribution in [3.8, 4) is 5.75 Å². The fourth-order valence-corrected chi connectivity index (χ4v) is 2.96. The number of guanidine groups is 1. The summed E-state index contributed by atoms with van der Waals surface area (Å²) < 4.78 is 24.3. The summed E-state index contributed by atoms with van der Waals surface area (Å²) >= 11 is 0. The highest BCUT2D eigenvalue weighted by atomic mass is 19.1. The summed E-state index contributed by atoms with van der Waals surface area (Å²) in [7, 11) is 0. The monoisotopic (exact) mass is 307 g/mol. The average molecular weight is 307 g/mol. The number of hydrogen-bond acceptors (Lipinski definition) is 3. The zero-order chi connectivity index (χ0) is 15.4. The summed E-state index contributed by atoms with van der Waals surface area (Å²) in [5, 5.41) is 0. The van der Waals surface area contributed by atoms with E-state index >= 15 is 0 Å². The number of nitrogens with two attached hydrogens (primary N) is 1. The lowest BCUT2D eigenvalue weighted by Gasteiger charge is -2.27. The van der Waals surface area contributed by atoms with Crippen LogP contribution in [0.1, 0.15) is 30.4 Å². The zero-order valence-corrected chi connectivity index (χ0v) is 12.7. The van der Waals surface area contributed by atoms with Crippen LogP contribution in [0, 0.1) is 5.82 Å². The lowest BCUT2D eigenvalue weighted by Crippen LogP contribution is -2.41. The second-order valence-electron chi connectivity index (χ2n) is 5.70. The normalized spacial score (nSPS) is 18.8. The van der Waals surface area contributed by atoms with Gasteiger partial charge in [-0.3, -0.25) is 4.99 Å². The molecule has 2 aliphatic heterocycles. The second-order valence-corrected chi connectivity index (χ2v) is 5.70. The number of nitrogens with zero attached hydrogens (tertiary/aromatic N) is 2. The third-order valence-electron chi connectivity index (χ3n) is 4.09. The first kappa shape index (κ1) is 15.1. The van der Waals surface area contributed by atoms with Gasteiger partial charge < -0.3 is 20.1 Å². The Hall–Kier alpha value is -1.82. The van der Waals surface area contributed by atoms with Gasteiger partial charge in [0.2, 0.25) is 0 Å². The minimum absolute atomic E-state index is 0.213. The van der Waals surface area contributed by atoms with Gasteiger partial charge in [-0.05, 0) is 43.4 Å². The third kappa shape index (κ3) is 3.50. The minimum Gasteiger partial charge on any atom is -0.467 e. The summed E-state index contributed by atoms with van der Waals surface area (Å²) in [6.07, 6.45) is 4.20. The van der Waals surface area contributed by atoms with E-state index in [2.05, 4.69) is 9.89 Å². The number of halogens is 1. The molecule has 1 aromatic carbocycles. The fourth-order valence-electron chi connectivity index (χ4n) is 2.96. The summed E-state index contributed by atoms with van der Waals surface area (Å²) in [4.78, 5) is 6.55. The highest BCUT2D eigenvalue weighted by Crippen LogP contribution is 2.29. The molecule has 2 aliphatic rings. The number of aliphatic imine (C=N–C) groups is 1. The Balaban J connectivity index is 1.65. The molecule has 0 radical (unpaired) electrons. The molecule has 0 saturated carbocycles. The number of fused-ring (bicyclic) bond motifs is 1. The van der Waals surface area contributed by atoms with Crippen molar-refractivity contribution >= 4 is 5.96 Å². The van der Waals surface area contributed by atoms with E-state index in [0.717, 1.165) is 30.0 Å². The number of rotatable bonds is 3. The maximum atomic E-state index is 13.7. The summed E-state index contributed by atoms with van der Waals surface area (Å²) in [6.45, 7) is 3.09. The van der Waals surface area contributed by atoms with Crippen molar-refractivity contribution in [3.05, 3.63) is 29.1 Å². The van der Waals surface area contributed by atoms with E-state index in [9.17, 15) is 4.39 Å². The molecule has 3 rings (SSSR count). The average Bonchev–Trinajstić information content (AvgIpc) is 2.55. The quantitative estimate of drug-likeness (QED) is 0.686. The molecule has 22 heavy (non-hydrogen) atoms. The largest absolute Gasteiger partial charge is 0.467 e. The molecule has 5 nitrogen and oxygen atoms in total. The third-order valence-corrected chi connectivity index (χ3v) is 4.09. The second kappa shape index (κ2) is 6.96. The SMILES string of the molecule is NC(=NCCc1cc(F)cc2c1OCOC2)N1CCCCC1. The first-order chi connectivity index (χ1) is 10.7. The van der Waals surface area contributed by atoms with Gasteiger partial charge in [0.05, 0.1) is 6.61 Å². The predicted molar refractivity (Wildman–Crippen MR) is 82.3 cm³/mol. The van der Waals surface area contributed by atoms with Gasteiger partial charge in [-0.2, -0.15) is 0 Å². The summed E-state index contributed by atoms with van der Waals surface area (Å²) in [5.41, 5.74) is 7.62. The molecule has 2 N–H and O–H groups in total. The van der Waals surface area contributed by atoms with Crippen molar-refractivity contribution in [2.75, 3.05) is 26.4 Å². The minimum atomic E-state index is -0.268. The Morgan fingerprint density at radius 1 is 1.27 bits per heavy atom. The molecule has 120 valence electrons. The van der Waals surface area contributed by atoms with Gasteiger partial charge in [0.15, 0.2) is 12.8 Å². The van der Waals surface area contributed by atoms with Crippen molar-refractivity contribution < 1.29 is 13.9 Å². The van der Waals surface area contributed by atoms with Gasteiger partial charge in [-0.25, -0.2) is 4.39 Å². The van der Waals surface area contributed by atoms with Gasteiger partial charge in [0.25, 0.3) is 0 Å². The van der Waals surface area contributed by atoms with E-state index in [1.54, 1.807) is 0 Å². The van der Waals surface area contributed by atoms with Gasteiger partial charge >= 0.3 is 0 Å². The fraction of sp³-hybridized carbons (Fsp3) is 0.562. The lowest BCUT2D eigenvalue weighted by molar-refractivity contribution is -0.0172. The molecule has 1 saturated heterocycles. The van der Waals surface area contributed by atoms with E-state index in [4.69, 9.17) is 15.2 Å². The van der Waals surface area contributed by atoms with Crippen molar-refractivity contribution in [1.29, 1.82) is 0 Å². The van der Waals surface area contributed by atoms with E-state index < -0.39 is 0 Å². The van der Waals surface area contributed by atoms with E-state index in [-0.39, 0.29) is 12.6 Å². The first-order valence-electron chi connectivity index (χ1n) is 7.81. The smallest absolute Gasteiger partial charge is 0.191 e. The highest BCUT2D eigenvalue weighted by molar-refractivity contribution is 5.78. The van der Waals surface area contributed by atoms with Gasteiger partial charge in [0, 0.05) is 25.2 Å². The molecule has 2 heterocycles. The number of likely N-dealkylation sites (tertiary alicyclic amines) is 1. The van der Waals surface area contributed by atoms with Crippen LogP contribution in [0.5, 0.6) is 5.75 Å². The van der Waals surface area contributed by atoms with Crippen LogP contribution in [-0.4, -0.2) is 37.3 Å². The zero-order valence-electron chi connectivity index (χ0n) is 12.7. The maximum absolute atomic E-state index is 13.7. The van der Waals surface area contributed by atoms with Crippen LogP contribution in [0.3, 0.4) is 0 Å². The number of hydrogen-bond donors (Lipinski definition) is 1. The van der Waals surface area contributed by atoms with Crippen LogP contribution < -0.4 is 10.5 Å². The van der Waals surface area contributed by atoms with Crippen LogP contribution in [0.2, 0.25) is 0 Å². The highest BCUT2D eigenvalue weighted by Gasteiger charge is 2.17. The van der Waals surface area contributed by atoms with E-state index in [1.807, 2.05) is 0 Å². The molecular formula is C16H22FN3O2. The van der Waals surface area contributed by atoms with Crippen LogP contribution in [0.15, 0.2) is 17.1 Å². The number of ether oxygens (including phenoxy) is 2. The molecule has 1 aromatic rings. The predicted octanol–water partition coefficient (Wildman–Crippen LogP) is 2.04. The topological polar surface area (TPSA) is 60.1 Å². The molecule has 6 heteroatoms. The Kier molecular flexibility index (Phi) is 4.77. The molecule has 0 aliphatic carbocycles. The van der Waals surface area contributed by atoms with E-state index in [1.165, 1.54) is 31.4 Å². The standard InChI is InChI=1S/C16H22FN3O2/c17-14-8-12(15-13(9-14)10-21-11-22-15)4-5-19-16(18)20-6-2-1-3-7-20/h8-9H,1-7,10-11H2,(H2,18,19). The van der Waals surface area contributed by atoms with Gasteiger partial charge in [-0.15, -0.1) is 0 Å². The van der Waals surface area contributed by atoms with Crippen molar-refractivity contribution in [2.24, 2.45) is 10.7 Å². The van der Waals surface area contributed by atoms with Crippen molar-refractivity contribution in [3.63, 3.8) is 0 Å². The molecule has 0 atom stereocenters. The Bertz CT molecular complexity index is 557. The van der Waals surface area contributed by atoms with Crippen LogP contribution in [0.4, 0.5) is 4.39 Å². The number of piperidine rings is 1. The van der Waals surface area contributed by atoms with Crippen LogP contribution in [0.25, 0.3) is 0 Å². The molecule has 1 fully saturated rings. The summed E-state index contributed by atoms with van der Waals surface area (Å²) in [5.74, 6) is 1.06. The molecule has 0 unspecified atom stereocenters. The first-order valence-corrected chi connectivity index (χ1v) is 7.81. The maximum Gasteiger partial charge on any atom is 0.191 e. The molecule has 0 bridgehead atoms. The van der Waals surface area contributed by atoms with Gasteiger partial charge in [0.1, 0.15) is 11.6 Å². The Labute approximate surface area is 129 Å². The summed E-state index contributed by atoms with van der Waals surface area (Å²) in [6, 6.07) is 2.97. The molecule has 0 aromatic heterocycles. The van der Waals surface area contributed by atoms with Crippen LogP contribution >= 0.6 is 0 Å². The molecule has 0 amide bonds. The number of benzene rings is 1. The van der Waals surface area contributed by atoms with E-state index in [0.29, 0.717) is 25.5 Å². The Morgan fingerprint density at radius 2 is 2.09 bits per heavy atom. The van der Waals surface area contributed by atoms with Gasteiger partial charge in [-0.1, -0.05) is 0 Å². The van der Waals surface area contributed by atoms with Crippen molar-refractivity contribution in [2.45, 2.75) is 32.3 Å². The lowest BCUT2D eigenvalue weighted by atomic mass is 10.1.